The molecule has 8 heteroatoms. The van der Waals surface area contributed by atoms with Crippen LogP contribution in [0.3, 0.4) is 0 Å². The fourth-order valence-corrected chi connectivity index (χ4v) is 9.19. The molecule has 4 aromatic carbocycles. The van der Waals surface area contributed by atoms with E-state index in [4.69, 9.17) is 4.84 Å². The van der Waals surface area contributed by atoms with E-state index in [0.717, 1.165) is 106 Å². The monoisotopic (exact) mass is 736 g/mol. The molecule has 0 N–H and O–H groups in total. The minimum absolute atomic E-state index is 0.00853. The van der Waals surface area contributed by atoms with Crippen LogP contribution >= 0.6 is 0 Å². The molecule has 0 aliphatic heterocycles. The van der Waals surface area contributed by atoms with E-state index in [1.54, 1.807) is 0 Å². The van der Waals surface area contributed by atoms with Gasteiger partial charge in [-0.05, 0) is 74.2 Å². The lowest BCUT2D eigenvalue weighted by Crippen LogP contribution is -2.16. The highest BCUT2D eigenvalue weighted by molar-refractivity contribution is 7.91. The van der Waals surface area contributed by atoms with Gasteiger partial charge in [-0.15, -0.1) is 0 Å². The summed E-state index contributed by atoms with van der Waals surface area (Å²) >= 11 is 0. The van der Waals surface area contributed by atoms with Crippen LogP contribution in [0.15, 0.2) is 65.8 Å². The second kappa shape index (κ2) is 17.7. The number of benzene rings is 4. The zero-order chi connectivity index (χ0) is 38.3. The molecule has 5 rings (SSSR count). The van der Waals surface area contributed by atoms with Crippen LogP contribution in [0, 0.1) is 26.7 Å². The molecule has 1 heterocycles. The number of carbonyl (C=O) groups is 2. The van der Waals surface area contributed by atoms with Crippen molar-refractivity contribution in [3.63, 3.8) is 0 Å². The third kappa shape index (κ3) is 9.26. The molecular formula is C45H56N2O5S. The van der Waals surface area contributed by atoms with Crippen molar-refractivity contribution in [1.82, 2.24) is 4.57 Å². The number of oxime groups is 1. The molecule has 5 aromatic rings. The predicted molar refractivity (Wildman–Crippen MR) is 220 cm³/mol. The Morgan fingerprint density at radius 1 is 0.792 bits per heavy atom. The van der Waals surface area contributed by atoms with Crippen LogP contribution < -0.4 is 0 Å². The first-order valence-electron chi connectivity index (χ1n) is 19.4. The summed E-state index contributed by atoms with van der Waals surface area (Å²) in [5, 5.41) is 8.02. The molecule has 0 fully saturated rings. The highest BCUT2D eigenvalue weighted by atomic mass is 32.2. The maximum atomic E-state index is 14.6. The van der Waals surface area contributed by atoms with Crippen LogP contribution in [0.5, 0.6) is 0 Å². The molecular weight excluding hydrogens is 681 g/mol. The number of unbranched alkanes of at least 4 members (excludes halogenated alkanes) is 4. The second-order valence-electron chi connectivity index (χ2n) is 14.8. The van der Waals surface area contributed by atoms with Crippen LogP contribution in [-0.2, 0) is 26.0 Å². The number of aryl methyl sites for hydroxylation is 3. The molecule has 0 aliphatic carbocycles. The summed E-state index contributed by atoms with van der Waals surface area (Å²) in [6.07, 6.45) is 8.13. The van der Waals surface area contributed by atoms with Crippen molar-refractivity contribution in [3.8, 4) is 0 Å². The molecule has 53 heavy (non-hydrogen) atoms. The number of sulfone groups is 1. The zero-order valence-corrected chi connectivity index (χ0v) is 33.5. The van der Waals surface area contributed by atoms with Gasteiger partial charge in [0.2, 0.25) is 0 Å². The van der Waals surface area contributed by atoms with Crippen molar-refractivity contribution in [3.05, 3.63) is 94.0 Å². The van der Waals surface area contributed by atoms with Crippen molar-refractivity contribution in [2.45, 2.75) is 113 Å². The van der Waals surface area contributed by atoms with E-state index in [-0.39, 0.29) is 23.7 Å². The van der Waals surface area contributed by atoms with E-state index in [0.29, 0.717) is 29.2 Å². The maximum Gasteiger partial charge on any atom is 0.331 e. The first kappa shape index (κ1) is 39.9. The van der Waals surface area contributed by atoms with Gasteiger partial charge in [-0.25, -0.2) is 13.2 Å². The van der Waals surface area contributed by atoms with Crippen molar-refractivity contribution in [2.75, 3.05) is 11.5 Å². The van der Waals surface area contributed by atoms with Gasteiger partial charge in [0.05, 0.1) is 22.7 Å². The van der Waals surface area contributed by atoms with Crippen LogP contribution in [0.25, 0.3) is 32.6 Å². The van der Waals surface area contributed by atoms with Gasteiger partial charge in [0.25, 0.3) is 0 Å². The zero-order valence-electron chi connectivity index (χ0n) is 32.7. The minimum atomic E-state index is -3.34. The molecule has 0 bridgehead atoms. The van der Waals surface area contributed by atoms with Gasteiger partial charge in [0.15, 0.2) is 15.6 Å². The molecule has 0 saturated heterocycles. The second-order valence-corrected chi connectivity index (χ2v) is 17.1. The van der Waals surface area contributed by atoms with Gasteiger partial charge in [0.1, 0.15) is 0 Å². The summed E-state index contributed by atoms with van der Waals surface area (Å²) in [4.78, 5) is 31.7. The summed E-state index contributed by atoms with van der Waals surface area (Å²) in [7, 11) is -3.34. The highest BCUT2D eigenvalue weighted by Gasteiger charge is 2.24. The number of rotatable bonds is 18. The Morgan fingerprint density at radius 3 is 2.15 bits per heavy atom. The largest absolute Gasteiger partial charge is 0.340 e. The summed E-state index contributed by atoms with van der Waals surface area (Å²) < 4.78 is 28.6. The third-order valence-corrected chi connectivity index (χ3v) is 12.3. The predicted octanol–water partition coefficient (Wildman–Crippen LogP) is 11.0. The molecule has 0 saturated carbocycles. The van der Waals surface area contributed by atoms with Gasteiger partial charge >= 0.3 is 5.97 Å². The van der Waals surface area contributed by atoms with Crippen LogP contribution in [0.4, 0.5) is 0 Å². The number of nitrogens with zero attached hydrogens (tertiary/aromatic N) is 2. The lowest BCUT2D eigenvalue weighted by Gasteiger charge is -2.19. The van der Waals surface area contributed by atoms with E-state index in [9.17, 15) is 18.0 Å². The Labute approximate surface area is 315 Å². The molecule has 1 unspecified atom stereocenters. The SMILES string of the molecule is CCCCCCS(=O)(=O)CCC(=NOC(C)=O)c1ccc2c(c1)c1cc(C(=O)c3c(C)cc(C)cc3C)c3ccccc3c1n2CC(CC)CCCC. The van der Waals surface area contributed by atoms with Crippen LogP contribution in [0.2, 0.25) is 0 Å². The lowest BCUT2D eigenvalue weighted by atomic mass is 9.89. The topological polar surface area (TPSA) is 94.8 Å². The molecule has 0 amide bonds. The summed E-state index contributed by atoms with van der Waals surface area (Å²) in [5.74, 6) is -0.0779. The molecule has 0 radical (unpaired) electrons. The average molecular weight is 737 g/mol. The molecule has 0 spiro atoms. The lowest BCUT2D eigenvalue weighted by molar-refractivity contribution is -0.140. The summed E-state index contributed by atoms with van der Waals surface area (Å²) in [6.45, 7) is 14.7. The van der Waals surface area contributed by atoms with Crippen molar-refractivity contribution in [2.24, 2.45) is 11.1 Å². The third-order valence-electron chi connectivity index (χ3n) is 10.6. The van der Waals surface area contributed by atoms with Crippen molar-refractivity contribution < 1.29 is 22.8 Å². The van der Waals surface area contributed by atoms with Crippen molar-refractivity contribution >= 4 is 59.9 Å². The number of hydrogen-bond donors (Lipinski definition) is 0. The maximum absolute atomic E-state index is 14.6. The quantitative estimate of drug-likeness (QED) is 0.0293. The van der Waals surface area contributed by atoms with E-state index in [1.807, 2.05) is 45.0 Å². The van der Waals surface area contributed by atoms with E-state index in [2.05, 4.69) is 66.9 Å². The van der Waals surface area contributed by atoms with Gasteiger partial charge < -0.3 is 9.40 Å². The Balaban J connectivity index is 1.73. The van der Waals surface area contributed by atoms with Gasteiger partial charge in [-0.2, -0.15) is 0 Å². The number of aromatic nitrogens is 1. The number of ketones is 1. The number of fused-ring (bicyclic) bond motifs is 5. The Hall–Kier alpha value is -4.30. The summed E-state index contributed by atoms with van der Waals surface area (Å²) in [5.41, 5.74) is 7.59. The first-order chi connectivity index (χ1) is 25.4. The van der Waals surface area contributed by atoms with Crippen LogP contribution in [0.1, 0.15) is 124 Å². The first-order valence-corrected chi connectivity index (χ1v) is 21.3. The molecule has 282 valence electrons. The summed E-state index contributed by atoms with van der Waals surface area (Å²) in [6, 6.07) is 20.4. The van der Waals surface area contributed by atoms with E-state index < -0.39 is 15.8 Å². The molecule has 1 atom stereocenters. The van der Waals surface area contributed by atoms with E-state index in [1.165, 1.54) is 6.92 Å². The van der Waals surface area contributed by atoms with Crippen molar-refractivity contribution in [1.29, 1.82) is 0 Å². The normalized spacial score (nSPS) is 12.9. The van der Waals surface area contributed by atoms with Gasteiger partial charge in [-0.1, -0.05) is 112 Å². The van der Waals surface area contributed by atoms with Crippen LogP contribution in [-0.4, -0.2) is 42.0 Å². The number of hydrogen-bond acceptors (Lipinski definition) is 6. The highest BCUT2D eigenvalue weighted by Crippen LogP contribution is 2.39. The molecule has 0 aliphatic rings. The fourth-order valence-electron chi connectivity index (χ4n) is 7.83. The van der Waals surface area contributed by atoms with Gasteiger partial charge in [0, 0.05) is 58.3 Å². The molecule has 7 nitrogen and oxygen atoms in total. The smallest absolute Gasteiger partial charge is 0.331 e. The average Bonchev–Trinajstić information content (AvgIpc) is 3.43. The van der Waals surface area contributed by atoms with E-state index >= 15 is 0 Å². The Kier molecular flexibility index (Phi) is 13.3. The van der Waals surface area contributed by atoms with Gasteiger partial charge in [-0.3, -0.25) is 4.79 Å². The molecule has 1 aromatic heterocycles. The Morgan fingerprint density at radius 2 is 1.49 bits per heavy atom. The fraction of sp³-hybridized carbons (Fsp3) is 0.444. The standard InChI is InChI=1S/C45H56N2O5S/c1-8-11-13-16-23-53(50,51)24-22-41(46-52-33(7)48)35-20-21-42-38(27-35)39-28-40(45(49)43-31(5)25-30(4)26-32(43)6)36-18-14-15-19-37(36)44(39)47(42)29-34(10-3)17-12-9-2/h14-15,18-21,25-28,34H,8-13,16-17,22-24,29H2,1-7H3. The minimum Gasteiger partial charge on any atom is -0.340 e. The Bertz CT molecular complexity index is 2240. The number of carbonyl (C=O) groups excluding carboxylic acids is 2.